The quantitative estimate of drug-likeness (QED) is 0.645. The van der Waals surface area contributed by atoms with E-state index in [1.54, 1.807) is 0 Å². The lowest BCUT2D eigenvalue weighted by atomic mass is 10.1. The van der Waals surface area contributed by atoms with Crippen molar-refractivity contribution < 1.29 is 13.7 Å². The van der Waals surface area contributed by atoms with Crippen LogP contribution < -0.4 is 5.32 Å². The number of benzene rings is 2. The van der Waals surface area contributed by atoms with Crippen LogP contribution >= 0.6 is 15.9 Å². The number of nitro groups is 1. The third-order valence-corrected chi connectivity index (χ3v) is 3.79. The van der Waals surface area contributed by atoms with Gasteiger partial charge in [-0.3, -0.25) is 10.1 Å². The topological polar surface area (TPSA) is 55.2 Å². The van der Waals surface area contributed by atoms with Gasteiger partial charge in [-0.2, -0.15) is 0 Å². The predicted octanol–water partition coefficient (Wildman–Crippen LogP) is 4.56. The molecule has 0 saturated heterocycles. The second-order valence-electron chi connectivity index (χ2n) is 4.48. The predicted molar refractivity (Wildman–Crippen MR) is 79.2 cm³/mol. The van der Waals surface area contributed by atoms with Gasteiger partial charge >= 0.3 is 0 Å². The molecule has 2 aromatic carbocycles. The van der Waals surface area contributed by atoms with Crippen LogP contribution in [0.25, 0.3) is 0 Å². The van der Waals surface area contributed by atoms with Gasteiger partial charge < -0.3 is 5.32 Å². The summed E-state index contributed by atoms with van der Waals surface area (Å²) in [5.74, 6) is -1.98. The monoisotopic (exact) mass is 356 g/mol. The summed E-state index contributed by atoms with van der Waals surface area (Å²) in [6, 6.07) is 6.82. The van der Waals surface area contributed by atoms with Gasteiger partial charge in [0.1, 0.15) is 11.5 Å². The number of anilines is 1. The molecule has 2 rings (SSSR count). The number of nitrogens with one attached hydrogen (secondary N) is 1. The van der Waals surface area contributed by atoms with E-state index in [9.17, 15) is 18.9 Å². The molecule has 2 aromatic rings. The first-order chi connectivity index (χ1) is 9.88. The lowest BCUT2D eigenvalue weighted by Gasteiger charge is -2.09. The minimum Gasteiger partial charge on any atom is -0.373 e. The molecular weight excluding hydrogens is 346 g/mol. The van der Waals surface area contributed by atoms with Gasteiger partial charge in [0.15, 0.2) is 5.82 Å². The molecular formula is C14H11BrF2N2O2. The van der Waals surface area contributed by atoms with Crippen molar-refractivity contribution in [3.05, 3.63) is 67.7 Å². The zero-order valence-electron chi connectivity index (χ0n) is 11.0. The van der Waals surface area contributed by atoms with E-state index in [4.69, 9.17) is 0 Å². The Hall–Kier alpha value is -2.02. The van der Waals surface area contributed by atoms with Gasteiger partial charge in [-0.15, -0.1) is 0 Å². The lowest BCUT2D eigenvalue weighted by molar-refractivity contribution is -0.384. The molecule has 7 heteroatoms. The summed E-state index contributed by atoms with van der Waals surface area (Å²) in [5, 5.41) is 13.5. The molecule has 0 bridgehead atoms. The maximum absolute atomic E-state index is 13.7. The summed E-state index contributed by atoms with van der Waals surface area (Å²) < 4.78 is 27.6. The zero-order valence-corrected chi connectivity index (χ0v) is 12.6. The Balaban J connectivity index is 2.27. The van der Waals surface area contributed by atoms with Crippen LogP contribution in [0.4, 0.5) is 20.2 Å². The number of nitro benzene ring substituents is 1. The highest BCUT2D eigenvalue weighted by molar-refractivity contribution is 9.10. The van der Waals surface area contributed by atoms with Crippen molar-refractivity contribution in [3.63, 3.8) is 0 Å². The molecule has 0 spiro atoms. The molecule has 0 aromatic heterocycles. The second kappa shape index (κ2) is 6.17. The first-order valence-electron chi connectivity index (χ1n) is 6.01. The summed E-state index contributed by atoms with van der Waals surface area (Å²) in [6.07, 6.45) is 0. The van der Waals surface area contributed by atoms with E-state index in [1.165, 1.54) is 0 Å². The third-order valence-electron chi connectivity index (χ3n) is 2.94. The highest BCUT2D eigenvalue weighted by atomic mass is 79.9. The fraction of sp³-hybridized carbons (Fsp3) is 0.143. The van der Waals surface area contributed by atoms with Crippen molar-refractivity contribution in [2.75, 3.05) is 5.32 Å². The van der Waals surface area contributed by atoms with Gasteiger partial charge in [0.05, 0.1) is 11.0 Å². The van der Waals surface area contributed by atoms with Crippen LogP contribution in [0.15, 0.2) is 34.8 Å². The maximum atomic E-state index is 13.7. The summed E-state index contributed by atoms with van der Waals surface area (Å²) in [5.41, 5.74) is 0.903. The number of hydrogen-bond donors (Lipinski definition) is 1. The average Bonchev–Trinajstić information content (AvgIpc) is 2.40. The van der Waals surface area contributed by atoms with Gasteiger partial charge in [0, 0.05) is 17.1 Å². The lowest BCUT2D eigenvalue weighted by Crippen LogP contribution is -2.05. The van der Waals surface area contributed by atoms with E-state index >= 15 is 0 Å². The van der Waals surface area contributed by atoms with Gasteiger partial charge in [-0.25, -0.2) is 8.78 Å². The molecule has 0 aliphatic rings. The zero-order chi connectivity index (χ0) is 15.6. The largest absolute Gasteiger partial charge is 0.373 e. The molecule has 21 heavy (non-hydrogen) atoms. The second-order valence-corrected chi connectivity index (χ2v) is 5.33. The summed E-state index contributed by atoms with van der Waals surface area (Å²) in [7, 11) is 0. The minimum absolute atomic E-state index is 0.183. The Kier molecular flexibility index (Phi) is 4.52. The molecule has 4 nitrogen and oxygen atoms in total. The van der Waals surface area contributed by atoms with Crippen molar-refractivity contribution in [2.45, 2.75) is 13.5 Å². The summed E-state index contributed by atoms with van der Waals surface area (Å²) >= 11 is 3.37. The first-order valence-corrected chi connectivity index (χ1v) is 6.80. The van der Waals surface area contributed by atoms with Gasteiger partial charge in [-0.1, -0.05) is 28.1 Å². The Morgan fingerprint density at radius 2 is 2.00 bits per heavy atom. The average molecular weight is 357 g/mol. The minimum atomic E-state index is -0.993. The molecule has 0 aliphatic carbocycles. The number of halogens is 3. The normalized spacial score (nSPS) is 10.5. The van der Waals surface area contributed by atoms with Crippen LogP contribution in [0.1, 0.15) is 11.1 Å². The van der Waals surface area contributed by atoms with Crippen LogP contribution in [0.3, 0.4) is 0 Å². The van der Waals surface area contributed by atoms with Crippen molar-refractivity contribution >= 4 is 27.3 Å². The van der Waals surface area contributed by atoms with E-state index in [1.807, 2.05) is 25.1 Å². The molecule has 0 fully saturated rings. The Morgan fingerprint density at radius 1 is 1.29 bits per heavy atom. The Bertz CT molecular complexity index is 708. The molecule has 0 heterocycles. The smallest absolute Gasteiger partial charge is 0.298 e. The van der Waals surface area contributed by atoms with Crippen LogP contribution in [0, 0.1) is 28.7 Å². The van der Waals surface area contributed by atoms with Gasteiger partial charge in [-0.05, 0) is 24.1 Å². The molecule has 0 aliphatic heterocycles. The SMILES string of the molecule is Cc1ccc(CNc2c(F)cc(F)cc2[N+](=O)[O-])cc1Br. The van der Waals surface area contributed by atoms with Crippen molar-refractivity contribution in [3.8, 4) is 0 Å². The summed E-state index contributed by atoms with van der Waals surface area (Å²) in [4.78, 5) is 10.0. The molecule has 0 radical (unpaired) electrons. The number of hydrogen-bond acceptors (Lipinski definition) is 3. The fourth-order valence-electron chi connectivity index (χ4n) is 1.82. The summed E-state index contributed by atoms with van der Waals surface area (Å²) in [6.45, 7) is 2.11. The molecule has 1 N–H and O–H groups in total. The van der Waals surface area contributed by atoms with Crippen LogP contribution in [-0.4, -0.2) is 4.92 Å². The number of nitrogens with zero attached hydrogens (tertiary/aromatic N) is 1. The van der Waals surface area contributed by atoms with Crippen LogP contribution in [0.5, 0.6) is 0 Å². The fourth-order valence-corrected chi connectivity index (χ4v) is 2.24. The van der Waals surface area contributed by atoms with Crippen molar-refractivity contribution in [2.24, 2.45) is 0 Å². The van der Waals surface area contributed by atoms with Crippen LogP contribution in [0.2, 0.25) is 0 Å². The highest BCUT2D eigenvalue weighted by Gasteiger charge is 2.20. The first kappa shape index (κ1) is 15.4. The Labute approximate surface area is 128 Å². The van der Waals surface area contributed by atoms with Crippen molar-refractivity contribution in [1.29, 1.82) is 0 Å². The molecule has 0 unspecified atom stereocenters. The van der Waals surface area contributed by atoms with E-state index in [0.29, 0.717) is 12.1 Å². The number of rotatable bonds is 4. The molecule has 0 atom stereocenters. The van der Waals surface area contributed by atoms with Gasteiger partial charge in [0.2, 0.25) is 0 Å². The standard InChI is InChI=1S/C14H11BrF2N2O2/c1-8-2-3-9(4-11(8)15)7-18-14-12(17)5-10(16)6-13(14)19(20)21/h2-6,18H,7H2,1H3. The highest BCUT2D eigenvalue weighted by Crippen LogP contribution is 2.29. The van der Waals surface area contributed by atoms with E-state index in [0.717, 1.165) is 15.6 Å². The van der Waals surface area contributed by atoms with E-state index in [2.05, 4.69) is 21.2 Å². The van der Waals surface area contributed by atoms with E-state index in [-0.39, 0.29) is 12.2 Å². The molecule has 110 valence electrons. The van der Waals surface area contributed by atoms with Gasteiger partial charge in [0.25, 0.3) is 5.69 Å². The maximum Gasteiger partial charge on any atom is 0.298 e. The van der Waals surface area contributed by atoms with Crippen LogP contribution in [-0.2, 0) is 6.54 Å². The third kappa shape index (κ3) is 3.55. The Morgan fingerprint density at radius 3 is 2.62 bits per heavy atom. The molecule has 0 amide bonds. The van der Waals surface area contributed by atoms with Crippen molar-refractivity contribution in [1.82, 2.24) is 0 Å². The van der Waals surface area contributed by atoms with E-state index < -0.39 is 22.2 Å². The number of aryl methyl sites for hydroxylation is 1. The molecule has 0 saturated carbocycles.